The fraction of sp³-hybridized carbons (Fsp3) is 0.324. The first kappa shape index (κ1) is 39.4. The number of aliphatic hydroxyl groups is 2. The molecular formula is C37H40FN2NaO8. The number of benzene rings is 3. The molecule has 0 saturated heterocycles. The Morgan fingerprint density at radius 2 is 1.57 bits per heavy atom. The van der Waals surface area contributed by atoms with Crippen molar-refractivity contribution in [3.05, 3.63) is 101 Å². The van der Waals surface area contributed by atoms with Crippen molar-refractivity contribution < 1.29 is 73.1 Å². The van der Waals surface area contributed by atoms with Crippen LogP contribution in [0.5, 0.6) is 5.75 Å². The van der Waals surface area contributed by atoms with E-state index in [0.717, 1.165) is 5.56 Å². The van der Waals surface area contributed by atoms with Crippen molar-refractivity contribution >= 4 is 17.8 Å². The minimum Gasteiger partial charge on any atom is -0.550 e. The molecule has 0 fully saturated rings. The maximum absolute atomic E-state index is 14.3. The Morgan fingerprint density at radius 3 is 2.16 bits per heavy atom. The SMILES string of the molecule is COC(=O)c1cc(CNC(=O)c2c(-c3ccccc3)c(-c3ccc(F)cc3)c(CC[C@@H](O)C[C@@H](O)CC(=O)[O-])n2C(C)C)ccc1OC.[Na+]. The molecule has 3 N–H and O–H groups in total. The van der Waals surface area contributed by atoms with Gasteiger partial charge in [0.2, 0.25) is 0 Å². The summed E-state index contributed by atoms with van der Waals surface area (Å²) in [6, 6.07) is 20.0. The van der Waals surface area contributed by atoms with E-state index in [2.05, 4.69) is 5.32 Å². The number of hydrogen-bond donors (Lipinski definition) is 3. The Kier molecular flexibility index (Phi) is 14.6. The van der Waals surface area contributed by atoms with E-state index in [9.17, 15) is 34.1 Å². The topological polar surface area (TPSA) is 150 Å². The minimum atomic E-state index is -1.42. The summed E-state index contributed by atoms with van der Waals surface area (Å²) < 4.78 is 26.2. The van der Waals surface area contributed by atoms with Gasteiger partial charge in [-0.2, -0.15) is 0 Å². The van der Waals surface area contributed by atoms with Crippen molar-refractivity contribution in [1.29, 1.82) is 0 Å². The van der Waals surface area contributed by atoms with Crippen LogP contribution in [-0.4, -0.2) is 59.1 Å². The van der Waals surface area contributed by atoms with Crippen molar-refractivity contribution in [1.82, 2.24) is 9.88 Å². The van der Waals surface area contributed by atoms with Gasteiger partial charge in [-0.1, -0.05) is 48.5 Å². The molecule has 10 nitrogen and oxygen atoms in total. The molecule has 0 spiro atoms. The van der Waals surface area contributed by atoms with E-state index >= 15 is 0 Å². The number of ether oxygens (including phenoxy) is 2. The molecule has 3 aromatic carbocycles. The third-order valence-electron chi connectivity index (χ3n) is 8.02. The smallest absolute Gasteiger partial charge is 0.550 e. The quantitative estimate of drug-likeness (QED) is 0.126. The van der Waals surface area contributed by atoms with Crippen molar-refractivity contribution in [2.75, 3.05) is 14.2 Å². The van der Waals surface area contributed by atoms with Crippen LogP contribution in [0.1, 0.15) is 71.3 Å². The molecule has 0 bridgehead atoms. The van der Waals surface area contributed by atoms with Crippen molar-refractivity contribution in [3.63, 3.8) is 0 Å². The molecule has 0 aliphatic carbocycles. The molecule has 12 heteroatoms. The number of aromatic nitrogens is 1. The average molecular weight is 683 g/mol. The first-order valence-electron chi connectivity index (χ1n) is 15.6. The van der Waals surface area contributed by atoms with Crippen LogP contribution in [0.15, 0.2) is 72.8 Å². The summed E-state index contributed by atoms with van der Waals surface area (Å²) in [4.78, 5) is 37.6. The molecular weight excluding hydrogens is 642 g/mol. The molecule has 0 unspecified atom stereocenters. The number of nitrogens with one attached hydrogen (secondary N) is 1. The van der Waals surface area contributed by atoms with Gasteiger partial charge in [-0.25, -0.2) is 9.18 Å². The van der Waals surface area contributed by atoms with Gasteiger partial charge in [-0.15, -0.1) is 0 Å². The number of amides is 1. The number of methoxy groups -OCH3 is 2. The fourth-order valence-electron chi connectivity index (χ4n) is 5.90. The van der Waals surface area contributed by atoms with E-state index in [4.69, 9.17) is 9.47 Å². The van der Waals surface area contributed by atoms with E-state index < -0.39 is 42.3 Å². The Hall–Kier alpha value is -4.00. The Bertz CT molecular complexity index is 1740. The molecule has 49 heavy (non-hydrogen) atoms. The molecule has 1 heterocycles. The molecule has 1 amide bonds. The molecule has 1 aromatic heterocycles. The van der Waals surface area contributed by atoms with Gasteiger partial charge in [0.05, 0.1) is 26.4 Å². The van der Waals surface area contributed by atoms with Crippen LogP contribution >= 0.6 is 0 Å². The maximum Gasteiger partial charge on any atom is 1.00 e. The number of aliphatic hydroxyl groups excluding tert-OH is 2. The molecule has 0 radical (unpaired) electrons. The monoisotopic (exact) mass is 682 g/mol. The van der Waals surface area contributed by atoms with Gasteiger partial charge in [-0.05, 0) is 74.1 Å². The predicted octanol–water partition coefficient (Wildman–Crippen LogP) is 1.46. The number of nitrogens with zero attached hydrogens (tertiary/aromatic N) is 1. The van der Waals surface area contributed by atoms with Crippen molar-refractivity contribution in [2.45, 2.75) is 64.3 Å². The average Bonchev–Trinajstić information content (AvgIpc) is 3.41. The molecule has 0 saturated carbocycles. The van der Waals surface area contributed by atoms with Crippen molar-refractivity contribution in [2.24, 2.45) is 0 Å². The maximum atomic E-state index is 14.3. The van der Waals surface area contributed by atoms with Crippen molar-refractivity contribution in [3.8, 4) is 28.0 Å². The number of hydrogen-bond acceptors (Lipinski definition) is 8. The zero-order valence-corrected chi connectivity index (χ0v) is 30.4. The second-order valence-corrected chi connectivity index (χ2v) is 11.7. The van der Waals surface area contributed by atoms with Gasteiger partial charge in [0.1, 0.15) is 22.8 Å². The predicted molar refractivity (Wildman–Crippen MR) is 176 cm³/mol. The number of carboxylic acid groups (broad SMARTS) is 1. The summed E-state index contributed by atoms with van der Waals surface area (Å²) in [5, 5.41) is 34.8. The Balaban J connectivity index is 0.00000650. The second kappa shape index (κ2) is 18.1. The Morgan fingerprint density at radius 1 is 0.918 bits per heavy atom. The van der Waals surface area contributed by atoms with Crippen LogP contribution in [0.3, 0.4) is 0 Å². The van der Waals surface area contributed by atoms with Crippen LogP contribution in [0, 0.1) is 5.82 Å². The van der Waals surface area contributed by atoms with Crippen LogP contribution in [0.25, 0.3) is 22.3 Å². The fourth-order valence-corrected chi connectivity index (χ4v) is 5.90. The largest absolute Gasteiger partial charge is 1.00 e. The molecule has 0 aliphatic heterocycles. The third-order valence-corrected chi connectivity index (χ3v) is 8.02. The zero-order chi connectivity index (χ0) is 35.0. The van der Waals surface area contributed by atoms with Gasteiger partial charge in [0.25, 0.3) is 5.91 Å². The first-order valence-corrected chi connectivity index (χ1v) is 15.6. The molecule has 4 aromatic rings. The molecule has 254 valence electrons. The summed E-state index contributed by atoms with van der Waals surface area (Å²) in [6.07, 6.45) is -2.70. The number of aliphatic carboxylic acids is 1. The summed E-state index contributed by atoms with van der Waals surface area (Å²) >= 11 is 0. The van der Waals surface area contributed by atoms with Gasteiger partial charge in [0.15, 0.2) is 0 Å². The standard InChI is InChI=1S/C37H41FN2O8.Na/c1-22(2)40-30(16-15-27(41)19-28(42)20-32(43)44)33(25-11-13-26(38)14-12-25)34(24-8-6-5-7-9-24)35(40)36(45)39-21-23-10-17-31(47-3)29(18-23)37(46)48-4;/h5-14,17-18,22,27-28,41-42H,15-16,19-21H2,1-4H3,(H,39,45)(H,43,44);/q;+1/p-1/t27-,28-;/m1./s1. The zero-order valence-electron chi connectivity index (χ0n) is 28.4. The summed E-state index contributed by atoms with van der Waals surface area (Å²) in [6.45, 7) is 3.92. The van der Waals surface area contributed by atoms with Gasteiger partial charge < -0.3 is 39.5 Å². The molecule has 0 aliphatic rings. The van der Waals surface area contributed by atoms with E-state index in [1.165, 1.54) is 26.4 Å². The summed E-state index contributed by atoms with van der Waals surface area (Å²) in [5.41, 5.74) is 4.58. The van der Waals surface area contributed by atoms with Gasteiger partial charge >= 0.3 is 35.5 Å². The number of esters is 1. The van der Waals surface area contributed by atoms with Crippen LogP contribution < -0.4 is 44.7 Å². The van der Waals surface area contributed by atoms with Gasteiger partial charge in [0, 0.05) is 41.8 Å². The molecule has 2 atom stereocenters. The number of halogens is 1. The normalized spacial score (nSPS) is 12.2. The van der Waals surface area contributed by atoms with Crippen LogP contribution in [-0.2, 0) is 22.5 Å². The van der Waals surface area contributed by atoms with E-state index in [-0.39, 0.29) is 67.0 Å². The number of carbonyl (C=O) groups is 3. The first-order chi connectivity index (χ1) is 22.9. The van der Waals surface area contributed by atoms with Crippen LogP contribution in [0.2, 0.25) is 0 Å². The summed E-state index contributed by atoms with van der Waals surface area (Å²) in [5.74, 6) is -2.49. The second-order valence-electron chi connectivity index (χ2n) is 11.7. The Labute approximate surface area is 307 Å². The van der Waals surface area contributed by atoms with Crippen LogP contribution in [0.4, 0.5) is 4.39 Å². The molecule has 4 rings (SSSR count). The number of carboxylic acids is 1. The van der Waals surface area contributed by atoms with E-state index in [1.54, 1.807) is 30.3 Å². The third kappa shape index (κ3) is 9.80. The van der Waals surface area contributed by atoms with Gasteiger partial charge in [-0.3, -0.25) is 4.79 Å². The number of rotatable bonds is 15. The number of carbonyl (C=O) groups excluding carboxylic acids is 3. The summed E-state index contributed by atoms with van der Waals surface area (Å²) in [7, 11) is 2.71. The minimum absolute atomic E-state index is 0. The van der Waals surface area contributed by atoms with E-state index in [1.807, 2.05) is 48.7 Å². The van der Waals surface area contributed by atoms with E-state index in [0.29, 0.717) is 39.4 Å².